The first kappa shape index (κ1) is 16.3. The maximum atomic E-state index is 13.3. The van der Waals surface area contributed by atoms with Crippen LogP contribution in [0.2, 0.25) is 0 Å². The summed E-state index contributed by atoms with van der Waals surface area (Å²) < 4.78 is 16.5. The van der Waals surface area contributed by atoms with Crippen LogP contribution in [-0.2, 0) is 0 Å². The molecular formula is C21H14FN5O. The Labute approximate surface area is 158 Å². The lowest BCUT2D eigenvalue weighted by Gasteiger charge is -2.08. The highest BCUT2D eigenvalue weighted by atomic mass is 19.1. The van der Waals surface area contributed by atoms with Crippen molar-refractivity contribution < 1.29 is 4.39 Å². The molecule has 5 rings (SSSR count). The fourth-order valence-electron chi connectivity index (χ4n) is 3.44. The minimum absolute atomic E-state index is 0.186. The van der Waals surface area contributed by atoms with E-state index in [4.69, 9.17) is 0 Å². The Kier molecular flexibility index (Phi) is 3.55. The third-order valence-corrected chi connectivity index (χ3v) is 4.76. The van der Waals surface area contributed by atoms with E-state index in [2.05, 4.69) is 15.1 Å². The molecule has 0 aliphatic heterocycles. The summed E-state index contributed by atoms with van der Waals surface area (Å²) in [7, 11) is 0. The summed E-state index contributed by atoms with van der Waals surface area (Å²) in [6.45, 7) is 1.87. The Bertz CT molecular complexity index is 1390. The molecule has 4 heterocycles. The van der Waals surface area contributed by atoms with Crippen LogP contribution >= 0.6 is 0 Å². The zero-order valence-electron chi connectivity index (χ0n) is 14.9. The van der Waals surface area contributed by atoms with Crippen LogP contribution in [0.15, 0.2) is 72.0 Å². The lowest BCUT2D eigenvalue weighted by atomic mass is 10.1. The van der Waals surface area contributed by atoms with Gasteiger partial charge in [0.15, 0.2) is 5.65 Å². The van der Waals surface area contributed by atoms with Crippen molar-refractivity contribution in [1.29, 1.82) is 0 Å². The first-order chi connectivity index (χ1) is 13.6. The number of pyridine rings is 2. The lowest BCUT2D eigenvalue weighted by molar-refractivity contribution is 0.628. The van der Waals surface area contributed by atoms with E-state index in [1.54, 1.807) is 58.1 Å². The predicted molar refractivity (Wildman–Crippen MR) is 104 cm³/mol. The maximum absolute atomic E-state index is 13.3. The number of hydrogen-bond donors (Lipinski definition) is 0. The van der Waals surface area contributed by atoms with Gasteiger partial charge in [0.2, 0.25) is 0 Å². The molecule has 0 N–H and O–H groups in total. The second-order valence-electron chi connectivity index (χ2n) is 6.46. The molecule has 4 aromatic heterocycles. The summed E-state index contributed by atoms with van der Waals surface area (Å²) in [6, 6.07) is 11.6. The Morgan fingerprint density at radius 2 is 1.75 bits per heavy atom. The molecule has 5 aromatic rings. The van der Waals surface area contributed by atoms with Gasteiger partial charge >= 0.3 is 0 Å². The molecule has 0 bridgehead atoms. The number of aromatic nitrogens is 5. The van der Waals surface area contributed by atoms with Gasteiger partial charge in [0, 0.05) is 30.4 Å². The van der Waals surface area contributed by atoms with E-state index in [0.717, 1.165) is 22.5 Å². The highest BCUT2D eigenvalue weighted by Gasteiger charge is 2.16. The molecule has 0 aliphatic rings. The molecule has 0 unspecified atom stereocenters. The van der Waals surface area contributed by atoms with E-state index in [0.29, 0.717) is 16.6 Å². The molecule has 0 spiro atoms. The standard InChI is InChI=1S/C21H14FN5O/c1-13-19(14-2-4-15(22)5-3-14)20-24-12-17-18(27(20)25-13)8-11-26(21(17)28)16-6-9-23-10-7-16/h2-12H,1H3. The first-order valence-corrected chi connectivity index (χ1v) is 8.69. The van der Waals surface area contributed by atoms with Gasteiger partial charge in [0.1, 0.15) is 5.82 Å². The van der Waals surface area contributed by atoms with Gasteiger partial charge in [-0.3, -0.25) is 14.3 Å². The summed E-state index contributed by atoms with van der Waals surface area (Å²) in [4.78, 5) is 21.5. The van der Waals surface area contributed by atoms with Crippen molar-refractivity contribution in [2.24, 2.45) is 0 Å². The molecule has 0 radical (unpaired) electrons. The molecule has 0 aliphatic carbocycles. The van der Waals surface area contributed by atoms with Crippen LogP contribution in [-0.4, -0.2) is 24.1 Å². The molecule has 0 atom stereocenters. The van der Waals surface area contributed by atoms with Crippen LogP contribution in [0.4, 0.5) is 4.39 Å². The van der Waals surface area contributed by atoms with Gasteiger partial charge in [-0.15, -0.1) is 0 Å². The molecule has 1 aromatic carbocycles. The highest BCUT2D eigenvalue weighted by Crippen LogP contribution is 2.28. The Morgan fingerprint density at radius 3 is 2.50 bits per heavy atom. The van der Waals surface area contributed by atoms with E-state index < -0.39 is 0 Å². The second kappa shape index (κ2) is 6.09. The maximum Gasteiger partial charge on any atom is 0.266 e. The van der Waals surface area contributed by atoms with E-state index in [1.165, 1.54) is 12.1 Å². The van der Waals surface area contributed by atoms with Crippen LogP contribution in [0, 0.1) is 12.7 Å². The molecule has 0 saturated carbocycles. The van der Waals surface area contributed by atoms with Crippen molar-refractivity contribution in [2.75, 3.05) is 0 Å². The van der Waals surface area contributed by atoms with E-state index >= 15 is 0 Å². The monoisotopic (exact) mass is 371 g/mol. The van der Waals surface area contributed by atoms with Crippen LogP contribution in [0.5, 0.6) is 0 Å². The van der Waals surface area contributed by atoms with Crippen molar-refractivity contribution in [2.45, 2.75) is 6.92 Å². The van der Waals surface area contributed by atoms with Crippen LogP contribution in [0.3, 0.4) is 0 Å². The zero-order valence-corrected chi connectivity index (χ0v) is 14.9. The topological polar surface area (TPSA) is 65.1 Å². The third-order valence-electron chi connectivity index (χ3n) is 4.76. The summed E-state index contributed by atoms with van der Waals surface area (Å²) in [6.07, 6.45) is 6.56. The fraction of sp³-hybridized carbons (Fsp3) is 0.0476. The summed E-state index contributed by atoms with van der Waals surface area (Å²) in [5.41, 5.74) is 4.23. The molecule has 6 nitrogen and oxygen atoms in total. The average molecular weight is 371 g/mol. The minimum Gasteiger partial charge on any atom is -0.284 e. The van der Waals surface area contributed by atoms with Crippen molar-refractivity contribution in [1.82, 2.24) is 24.1 Å². The molecule has 0 fully saturated rings. The summed E-state index contributed by atoms with van der Waals surface area (Å²) in [5, 5.41) is 5.04. The second-order valence-corrected chi connectivity index (χ2v) is 6.46. The zero-order chi connectivity index (χ0) is 19.3. The molecule has 136 valence electrons. The van der Waals surface area contributed by atoms with Gasteiger partial charge < -0.3 is 0 Å². The number of halogens is 1. The lowest BCUT2D eigenvalue weighted by Crippen LogP contribution is -2.18. The SMILES string of the molecule is Cc1nn2c(ncc3c(=O)n(-c4ccncc4)ccc32)c1-c1ccc(F)cc1. The summed E-state index contributed by atoms with van der Waals surface area (Å²) in [5.74, 6) is -0.298. The molecular weight excluding hydrogens is 357 g/mol. The van der Waals surface area contributed by atoms with Gasteiger partial charge in [0.25, 0.3) is 5.56 Å². The van der Waals surface area contributed by atoms with Crippen molar-refractivity contribution in [3.63, 3.8) is 0 Å². The average Bonchev–Trinajstić information content (AvgIpc) is 3.06. The molecule has 0 saturated heterocycles. The number of rotatable bonds is 2. The van der Waals surface area contributed by atoms with Gasteiger partial charge in [-0.1, -0.05) is 12.1 Å². The molecule has 7 heteroatoms. The number of aryl methyl sites for hydroxylation is 1. The Balaban J connectivity index is 1.78. The van der Waals surface area contributed by atoms with Crippen molar-refractivity contribution in [3.8, 4) is 16.8 Å². The number of nitrogens with zero attached hydrogens (tertiary/aromatic N) is 5. The highest BCUT2D eigenvalue weighted by molar-refractivity contribution is 5.86. The van der Waals surface area contributed by atoms with Crippen LogP contribution in [0.25, 0.3) is 33.4 Å². The first-order valence-electron chi connectivity index (χ1n) is 8.69. The van der Waals surface area contributed by atoms with Gasteiger partial charge in [0.05, 0.1) is 22.3 Å². The van der Waals surface area contributed by atoms with Gasteiger partial charge in [-0.05, 0) is 42.8 Å². The predicted octanol–water partition coefficient (Wildman–Crippen LogP) is 3.54. The largest absolute Gasteiger partial charge is 0.284 e. The Hall–Kier alpha value is -3.87. The number of fused-ring (bicyclic) bond motifs is 3. The number of hydrogen-bond acceptors (Lipinski definition) is 4. The smallest absolute Gasteiger partial charge is 0.266 e. The van der Waals surface area contributed by atoms with Gasteiger partial charge in [-0.25, -0.2) is 13.9 Å². The summed E-state index contributed by atoms with van der Waals surface area (Å²) >= 11 is 0. The van der Waals surface area contributed by atoms with E-state index in [1.807, 2.05) is 13.0 Å². The number of benzene rings is 1. The normalized spacial score (nSPS) is 11.4. The van der Waals surface area contributed by atoms with E-state index in [9.17, 15) is 9.18 Å². The van der Waals surface area contributed by atoms with Crippen molar-refractivity contribution >= 4 is 16.6 Å². The third kappa shape index (κ3) is 2.40. The quantitative estimate of drug-likeness (QED) is 0.476. The van der Waals surface area contributed by atoms with Crippen LogP contribution in [0.1, 0.15) is 5.69 Å². The fourth-order valence-corrected chi connectivity index (χ4v) is 3.44. The molecule has 0 amide bonds. The Morgan fingerprint density at radius 1 is 1.00 bits per heavy atom. The molecule has 28 heavy (non-hydrogen) atoms. The van der Waals surface area contributed by atoms with Gasteiger partial charge in [-0.2, -0.15) is 5.10 Å². The van der Waals surface area contributed by atoms with Crippen LogP contribution < -0.4 is 5.56 Å². The minimum atomic E-state index is -0.298. The van der Waals surface area contributed by atoms with E-state index in [-0.39, 0.29) is 11.4 Å². The van der Waals surface area contributed by atoms with Crippen molar-refractivity contribution in [3.05, 3.63) is 89.1 Å².